The number of carbonyl (C=O) groups is 1. The van der Waals surface area contributed by atoms with Gasteiger partial charge in [-0.2, -0.15) is 0 Å². The monoisotopic (exact) mass is 218 g/mol. The molecule has 0 aliphatic carbocycles. The molecule has 0 fully saturated rings. The third-order valence-corrected chi connectivity index (χ3v) is 0. The molecule has 0 aliphatic heterocycles. The van der Waals surface area contributed by atoms with Gasteiger partial charge in [0.15, 0.2) is 0 Å². The molecule has 1 N–H and O–H groups in total. The predicted octanol–water partition coefficient (Wildman–Crippen LogP) is -0.969. The van der Waals surface area contributed by atoms with E-state index in [1.165, 1.54) is 13.8 Å². The van der Waals surface area contributed by atoms with Gasteiger partial charge >= 0.3 is 80.0 Å². The topological polar surface area (TPSA) is 88.5 Å². The first-order valence-electron chi connectivity index (χ1n) is 1.84. The van der Waals surface area contributed by atoms with E-state index in [4.69, 9.17) is 15.7 Å². The van der Waals surface area contributed by atoms with Crippen molar-refractivity contribution >= 4 is 57.2 Å². The third-order valence-electron chi connectivity index (χ3n) is 0. The van der Waals surface area contributed by atoms with Gasteiger partial charge in [-0.15, -0.1) is 0 Å². The molecule has 0 rings (SSSR count). The average Bonchev–Trinajstić information content (AvgIpc) is 1.19. The zero-order chi connectivity index (χ0) is 8.08. The van der Waals surface area contributed by atoms with Gasteiger partial charge in [-0.25, -0.2) is 0 Å². The number of ketones is 1. The van der Waals surface area contributed by atoms with E-state index in [1.807, 2.05) is 0 Å². The minimum absolute atomic E-state index is 0. The second-order valence-corrected chi connectivity index (χ2v) is 2.54. The molecule has 0 spiro atoms. The summed E-state index contributed by atoms with van der Waals surface area (Å²) < 4.78 is 33.1. The standard InChI is InChI=1S/C3H6O.K.Mn.H2O.3O.H/c1-3(2)4;;;;;;;/h1-2H3;;;1H2;;;;/q;;+1;;;;;/p-1. The Hall–Kier alpha value is 1.19. The molecule has 0 aromatic carbocycles. The van der Waals surface area contributed by atoms with Crippen molar-refractivity contribution in [1.82, 2.24) is 0 Å². The summed E-state index contributed by atoms with van der Waals surface area (Å²) in [6, 6.07) is 0. The number of hydrogen-bond acceptors (Lipinski definition) is 4. The van der Waals surface area contributed by atoms with Crippen molar-refractivity contribution in [3.8, 4) is 0 Å². The summed E-state index contributed by atoms with van der Waals surface area (Å²) >= 11 is -5.38. The van der Waals surface area contributed by atoms with Crippen LogP contribution in [0.5, 0.6) is 0 Å². The van der Waals surface area contributed by atoms with Crippen molar-refractivity contribution in [1.29, 1.82) is 0 Å². The van der Waals surface area contributed by atoms with Crippen LogP contribution in [0.25, 0.3) is 0 Å². The van der Waals surface area contributed by atoms with Crippen LogP contribution in [0.4, 0.5) is 0 Å². The summed E-state index contributed by atoms with van der Waals surface area (Å²) in [5.74, 6) is 0.167. The first-order chi connectivity index (χ1) is 3.73. The predicted molar refractivity (Wildman–Crippen MR) is 27.8 cm³/mol. The summed E-state index contributed by atoms with van der Waals surface area (Å²) in [5, 5.41) is 0. The van der Waals surface area contributed by atoms with E-state index in [0.717, 1.165) is 0 Å². The van der Waals surface area contributed by atoms with Crippen LogP contribution in [0.15, 0.2) is 0 Å². The number of carbonyl (C=O) groups excluding carboxylic acids is 1. The van der Waals surface area contributed by atoms with Crippen LogP contribution < -0.4 is 0 Å². The van der Waals surface area contributed by atoms with E-state index in [2.05, 4.69) is 0 Å². The van der Waals surface area contributed by atoms with E-state index in [-0.39, 0.29) is 57.2 Å². The van der Waals surface area contributed by atoms with Crippen molar-refractivity contribution < 1.29 is 33.5 Å². The Morgan fingerprint density at radius 2 is 1.20 bits per heavy atom. The van der Waals surface area contributed by atoms with Crippen LogP contribution in [0.3, 0.4) is 0 Å². The van der Waals surface area contributed by atoms with Crippen LogP contribution in [0, 0.1) is 0 Å². The fourth-order valence-electron chi connectivity index (χ4n) is 0. The van der Waals surface area contributed by atoms with Gasteiger partial charge in [0, 0.05) is 0 Å². The van der Waals surface area contributed by atoms with Crippen molar-refractivity contribution in [3.05, 3.63) is 0 Å². The molecule has 10 heavy (non-hydrogen) atoms. The molecule has 7 heteroatoms. The molecule has 0 atom stereocenters. The zero-order valence-electron chi connectivity index (χ0n) is 4.96. The Morgan fingerprint density at radius 1 is 1.20 bits per heavy atom. The summed E-state index contributed by atoms with van der Waals surface area (Å²) in [6.07, 6.45) is 0. The minimum atomic E-state index is -5.38. The van der Waals surface area contributed by atoms with E-state index in [9.17, 15) is 4.79 Å². The normalized spacial score (nSPS) is 8.30. The number of Topliss-reactive ketones (excluding diaryl/α,β-unsaturated/α-hetero) is 1. The van der Waals surface area contributed by atoms with Crippen molar-refractivity contribution in [2.24, 2.45) is 0 Å². The summed E-state index contributed by atoms with van der Waals surface area (Å²) in [5.41, 5.74) is 0. The van der Waals surface area contributed by atoms with Gasteiger partial charge in [-0.3, -0.25) is 0 Å². The van der Waals surface area contributed by atoms with Gasteiger partial charge in [-0.1, -0.05) is 0 Å². The van der Waals surface area contributed by atoms with Gasteiger partial charge in [0.2, 0.25) is 0 Å². The fraction of sp³-hybridized carbons (Fsp3) is 0.667. The van der Waals surface area contributed by atoms with Crippen LogP contribution >= 0.6 is 0 Å². The Balaban J connectivity index is -0.0000000910. The Morgan fingerprint density at radius 3 is 1.20 bits per heavy atom. The zero-order valence-corrected chi connectivity index (χ0v) is 6.14. The first-order valence-corrected chi connectivity index (χ1v) is 3.81. The van der Waals surface area contributed by atoms with E-state index in [1.54, 1.807) is 0 Å². The summed E-state index contributed by atoms with van der Waals surface area (Å²) in [6.45, 7) is 3.06. The summed E-state index contributed by atoms with van der Waals surface area (Å²) in [4.78, 5) is 9.44. The van der Waals surface area contributed by atoms with Crippen LogP contribution in [-0.2, 0) is 29.3 Å². The molecule has 0 unspecified atom stereocenters. The second-order valence-electron chi connectivity index (χ2n) is 1.30. The van der Waals surface area contributed by atoms with Crippen LogP contribution in [-0.4, -0.2) is 61.4 Å². The van der Waals surface area contributed by atoms with Crippen LogP contribution in [0.2, 0.25) is 0 Å². The van der Waals surface area contributed by atoms with Crippen molar-refractivity contribution in [2.75, 3.05) is 0 Å². The molecular formula is C3H8KMnO5. The Kier molecular flexibility index (Phi) is 14.3. The SMILES string of the molecule is CC(C)=O.[KH].[O]=[Mn](=[O])(=[O])[OH]. The van der Waals surface area contributed by atoms with Crippen molar-refractivity contribution in [2.45, 2.75) is 13.8 Å². The summed E-state index contributed by atoms with van der Waals surface area (Å²) in [7, 11) is 0. The van der Waals surface area contributed by atoms with E-state index < -0.39 is 13.0 Å². The molecule has 0 saturated heterocycles. The molecule has 5 nitrogen and oxygen atoms in total. The maximum absolute atomic E-state index is 9.44. The molecule has 0 bridgehead atoms. The molecular weight excluding hydrogens is 210 g/mol. The average molecular weight is 218 g/mol. The number of rotatable bonds is 0. The first kappa shape index (κ1) is 17.3. The van der Waals surface area contributed by atoms with Gasteiger partial charge in [0.25, 0.3) is 0 Å². The quantitative estimate of drug-likeness (QED) is 0.528. The van der Waals surface area contributed by atoms with Gasteiger partial charge in [0.1, 0.15) is 5.78 Å². The molecule has 0 aromatic heterocycles. The Bertz CT molecular complexity index is 202. The Labute approximate surface area is 103 Å². The van der Waals surface area contributed by atoms with Gasteiger partial charge in [0.05, 0.1) is 0 Å². The molecule has 58 valence electrons. The van der Waals surface area contributed by atoms with Gasteiger partial charge in [-0.05, 0) is 13.8 Å². The molecule has 0 amide bonds. The molecule has 0 aliphatic rings. The van der Waals surface area contributed by atoms with Gasteiger partial charge < -0.3 is 4.79 Å². The van der Waals surface area contributed by atoms with Crippen molar-refractivity contribution in [3.63, 3.8) is 0 Å². The van der Waals surface area contributed by atoms with Crippen LogP contribution in [0.1, 0.15) is 13.8 Å². The van der Waals surface area contributed by atoms with E-state index in [0.29, 0.717) is 0 Å². The third kappa shape index (κ3) is 438. The second kappa shape index (κ2) is 8.28. The molecule has 0 heterocycles. The number of hydrogen-bond donors (Lipinski definition) is 1. The van der Waals surface area contributed by atoms with E-state index >= 15 is 0 Å². The molecule has 0 aromatic rings. The maximum atomic E-state index is 9.44. The molecule has 0 saturated carbocycles. The fourth-order valence-corrected chi connectivity index (χ4v) is 0. The molecule has 0 radical (unpaired) electrons.